The summed E-state index contributed by atoms with van der Waals surface area (Å²) in [5.41, 5.74) is 6.54. The quantitative estimate of drug-likeness (QED) is 0.850. The predicted octanol–water partition coefficient (Wildman–Crippen LogP) is 1.98. The van der Waals surface area contributed by atoms with Crippen LogP contribution in [0.15, 0.2) is 24.3 Å². The number of alkyl halides is 3. The topological polar surface area (TPSA) is 49.6 Å². The first kappa shape index (κ1) is 15.6. The van der Waals surface area contributed by atoms with Gasteiger partial charge in [-0.2, -0.15) is 13.2 Å². The van der Waals surface area contributed by atoms with Gasteiger partial charge in [-0.05, 0) is 19.1 Å². The van der Waals surface area contributed by atoms with Crippen LogP contribution in [0.5, 0.6) is 0 Å². The van der Waals surface area contributed by atoms with Gasteiger partial charge in [0, 0.05) is 31.9 Å². The first-order valence-corrected chi connectivity index (χ1v) is 6.75. The van der Waals surface area contributed by atoms with E-state index < -0.39 is 12.2 Å². The Bertz CT molecular complexity index is 510. The number of nitrogen functional groups attached to an aromatic ring is 1. The van der Waals surface area contributed by atoms with Crippen LogP contribution in [0, 0.1) is 0 Å². The third-order valence-corrected chi connectivity index (χ3v) is 3.81. The van der Waals surface area contributed by atoms with Crippen molar-refractivity contribution in [2.24, 2.45) is 0 Å². The van der Waals surface area contributed by atoms with E-state index in [2.05, 4.69) is 0 Å². The summed E-state index contributed by atoms with van der Waals surface area (Å²) in [6.07, 6.45) is -4.24. The summed E-state index contributed by atoms with van der Waals surface area (Å²) < 4.78 is 38.0. The Hall–Kier alpha value is -1.76. The Kier molecular flexibility index (Phi) is 4.41. The van der Waals surface area contributed by atoms with E-state index in [-0.39, 0.29) is 32.1 Å². The molecule has 2 rings (SSSR count). The van der Waals surface area contributed by atoms with Gasteiger partial charge >= 0.3 is 6.18 Å². The normalized spacial score (nSPS) is 18.6. The summed E-state index contributed by atoms with van der Waals surface area (Å²) in [7, 11) is 0. The molecule has 21 heavy (non-hydrogen) atoms. The average molecular weight is 301 g/mol. The zero-order valence-corrected chi connectivity index (χ0v) is 11.7. The highest BCUT2D eigenvalue weighted by Crippen LogP contribution is 2.25. The number of para-hydroxylation sites is 1. The molecule has 4 nitrogen and oxygen atoms in total. The van der Waals surface area contributed by atoms with Crippen LogP contribution < -0.4 is 5.73 Å². The maximum atomic E-state index is 12.7. The number of nitrogens with zero attached hydrogens (tertiary/aromatic N) is 2. The van der Waals surface area contributed by atoms with E-state index in [1.165, 1.54) is 4.90 Å². The fourth-order valence-corrected chi connectivity index (χ4v) is 2.38. The van der Waals surface area contributed by atoms with Crippen LogP contribution >= 0.6 is 0 Å². The highest BCUT2D eigenvalue weighted by molar-refractivity contribution is 5.99. The number of anilines is 1. The number of carbonyl (C=O) groups is 1. The van der Waals surface area contributed by atoms with Crippen molar-refractivity contribution < 1.29 is 18.0 Å². The first-order chi connectivity index (χ1) is 9.80. The number of rotatable bonds is 2. The Balaban J connectivity index is 1.98. The van der Waals surface area contributed by atoms with Crippen LogP contribution in [0.3, 0.4) is 0 Å². The lowest BCUT2D eigenvalue weighted by Gasteiger charge is -2.38. The van der Waals surface area contributed by atoms with Crippen molar-refractivity contribution in [2.45, 2.75) is 19.1 Å². The number of benzene rings is 1. The number of carbonyl (C=O) groups excluding carboxylic acids is 1. The second-order valence-corrected chi connectivity index (χ2v) is 5.13. The molecule has 7 heteroatoms. The van der Waals surface area contributed by atoms with E-state index in [9.17, 15) is 18.0 Å². The summed E-state index contributed by atoms with van der Waals surface area (Å²) in [5, 5.41) is 0. The number of amides is 1. The van der Waals surface area contributed by atoms with Gasteiger partial charge in [-0.25, -0.2) is 0 Å². The van der Waals surface area contributed by atoms with E-state index in [0.29, 0.717) is 11.3 Å². The molecular weight excluding hydrogens is 283 g/mol. The maximum absolute atomic E-state index is 12.7. The Labute approximate surface area is 121 Å². The summed E-state index contributed by atoms with van der Waals surface area (Å²) in [4.78, 5) is 15.2. The van der Waals surface area contributed by atoms with Gasteiger partial charge in [0.2, 0.25) is 0 Å². The Morgan fingerprint density at radius 3 is 2.29 bits per heavy atom. The second kappa shape index (κ2) is 5.93. The smallest absolute Gasteiger partial charge is 0.398 e. The van der Waals surface area contributed by atoms with Crippen molar-refractivity contribution in [3.8, 4) is 0 Å². The minimum Gasteiger partial charge on any atom is -0.398 e. The molecule has 116 valence electrons. The maximum Gasteiger partial charge on any atom is 0.403 e. The summed E-state index contributed by atoms with van der Waals surface area (Å²) >= 11 is 0. The van der Waals surface area contributed by atoms with Crippen molar-refractivity contribution in [1.29, 1.82) is 0 Å². The number of hydrogen-bond acceptors (Lipinski definition) is 3. The second-order valence-electron chi connectivity index (χ2n) is 5.13. The van der Waals surface area contributed by atoms with Crippen molar-refractivity contribution in [1.82, 2.24) is 9.80 Å². The van der Waals surface area contributed by atoms with Crippen molar-refractivity contribution in [3.63, 3.8) is 0 Å². The number of halogens is 3. The van der Waals surface area contributed by atoms with Crippen molar-refractivity contribution >= 4 is 11.6 Å². The molecule has 1 fully saturated rings. The summed E-state index contributed by atoms with van der Waals surface area (Å²) in [6, 6.07) is 5.22. The van der Waals surface area contributed by atoms with Crippen LogP contribution in [-0.2, 0) is 0 Å². The highest BCUT2D eigenvalue weighted by Gasteiger charge is 2.41. The molecule has 1 aromatic rings. The van der Waals surface area contributed by atoms with E-state index in [4.69, 9.17) is 5.73 Å². The molecule has 1 amide bonds. The van der Waals surface area contributed by atoms with Gasteiger partial charge in [-0.1, -0.05) is 12.1 Å². The average Bonchev–Trinajstić information content (AvgIpc) is 2.45. The molecule has 0 aliphatic carbocycles. The third kappa shape index (κ3) is 3.47. The zero-order chi connectivity index (χ0) is 15.6. The molecule has 0 radical (unpaired) electrons. The molecular formula is C14H18F3N3O. The molecule has 1 aliphatic rings. The highest BCUT2D eigenvalue weighted by atomic mass is 19.4. The van der Waals surface area contributed by atoms with Gasteiger partial charge in [0.05, 0.1) is 5.56 Å². The van der Waals surface area contributed by atoms with Crippen LogP contribution in [0.1, 0.15) is 17.3 Å². The number of hydrogen-bond donors (Lipinski definition) is 1. The Morgan fingerprint density at radius 1 is 1.19 bits per heavy atom. The molecule has 0 aromatic heterocycles. The summed E-state index contributed by atoms with van der Waals surface area (Å²) in [5.74, 6) is -0.229. The molecule has 2 N–H and O–H groups in total. The molecule has 0 bridgehead atoms. The molecule has 1 unspecified atom stereocenters. The molecule has 0 spiro atoms. The van der Waals surface area contributed by atoms with Crippen LogP contribution in [-0.4, -0.2) is 54.1 Å². The van der Waals surface area contributed by atoms with Gasteiger partial charge in [0.15, 0.2) is 0 Å². The van der Waals surface area contributed by atoms with Gasteiger partial charge in [0.25, 0.3) is 5.91 Å². The lowest BCUT2D eigenvalue weighted by Crippen LogP contribution is -2.54. The Morgan fingerprint density at radius 2 is 1.76 bits per heavy atom. The lowest BCUT2D eigenvalue weighted by molar-refractivity contribution is -0.181. The minimum atomic E-state index is -4.24. The van der Waals surface area contributed by atoms with Gasteiger partial charge in [0.1, 0.15) is 6.04 Å². The molecule has 1 aliphatic heterocycles. The number of piperazine rings is 1. The standard InChI is InChI=1S/C14H18F3N3O/c1-10(14(15,16)17)19-6-8-20(9-7-19)13(21)11-4-2-3-5-12(11)18/h2-5,10H,6-9,18H2,1H3. The fraction of sp³-hybridized carbons (Fsp3) is 0.500. The third-order valence-electron chi connectivity index (χ3n) is 3.81. The van der Waals surface area contributed by atoms with Gasteiger partial charge in [-0.15, -0.1) is 0 Å². The van der Waals surface area contributed by atoms with Crippen molar-refractivity contribution in [2.75, 3.05) is 31.9 Å². The SMILES string of the molecule is CC(N1CCN(C(=O)c2ccccc2N)CC1)C(F)(F)F. The van der Waals surface area contributed by atoms with Crippen LogP contribution in [0.4, 0.5) is 18.9 Å². The van der Waals surface area contributed by atoms with Crippen molar-refractivity contribution in [3.05, 3.63) is 29.8 Å². The molecule has 1 heterocycles. The van der Waals surface area contributed by atoms with Crippen LogP contribution in [0.2, 0.25) is 0 Å². The van der Waals surface area contributed by atoms with E-state index in [0.717, 1.165) is 6.92 Å². The summed E-state index contributed by atoms with van der Waals surface area (Å²) in [6.45, 7) is 2.10. The molecule has 1 saturated heterocycles. The largest absolute Gasteiger partial charge is 0.403 e. The van der Waals surface area contributed by atoms with E-state index >= 15 is 0 Å². The van der Waals surface area contributed by atoms with Gasteiger partial charge < -0.3 is 10.6 Å². The molecule has 0 saturated carbocycles. The number of nitrogens with two attached hydrogens (primary N) is 1. The first-order valence-electron chi connectivity index (χ1n) is 6.75. The minimum absolute atomic E-state index is 0.207. The zero-order valence-electron chi connectivity index (χ0n) is 11.7. The van der Waals surface area contributed by atoms with E-state index in [1.54, 1.807) is 29.2 Å². The monoisotopic (exact) mass is 301 g/mol. The van der Waals surface area contributed by atoms with E-state index in [1.807, 2.05) is 0 Å². The molecule has 1 aromatic carbocycles. The fourth-order valence-electron chi connectivity index (χ4n) is 2.38. The molecule has 1 atom stereocenters. The lowest BCUT2D eigenvalue weighted by atomic mass is 10.1. The van der Waals surface area contributed by atoms with Gasteiger partial charge in [-0.3, -0.25) is 9.69 Å². The van der Waals surface area contributed by atoms with Crippen LogP contribution in [0.25, 0.3) is 0 Å². The predicted molar refractivity (Wildman–Crippen MR) is 73.8 cm³/mol.